The summed E-state index contributed by atoms with van der Waals surface area (Å²) in [5, 5.41) is 8.96. The maximum Gasteiger partial charge on any atom is 0.322 e. The molecule has 0 atom stereocenters. The number of imide groups is 1. The standard InChI is InChI=1S/C14H9N5O3/c1-2-22-14-17-10(7-15)16-13(18-14)19-11(20)8-5-3-4-6-9(8)12(19)21/h3-6H,2H2,1H3. The van der Waals surface area contributed by atoms with Crippen molar-refractivity contribution in [2.24, 2.45) is 0 Å². The molecule has 1 aliphatic heterocycles. The van der Waals surface area contributed by atoms with Crippen LogP contribution in [-0.4, -0.2) is 33.4 Å². The van der Waals surface area contributed by atoms with Gasteiger partial charge in [-0.05, 0) is 19.1 Å². The van der Waals surface area contributed by atoms with E-state index in [-0.39, 0.29) is 35.5 Å². The number of carbonyl (C=O) groups excluding carboxylic acids is 2. The Balaban J connectivity index is 2.09. The van der Waals surface area contributed by atoms with Crippen LogP contribution in [0.2, 0.25) is 0 Å². The maximum atomic E-state index is 12.4. The zero-order chi connectivity index (χ0) is 15.7. The Morgan fingerprint density at radius 1 is 1.14 bits per heavy atom. The van der Waals surface area contributed by atoms with Gasteiger partial charge in [-0.15, -0.1) is 0 Å². The van der Waals surface area contributed by atoms with Gasteiger partial charge < -0.3 is 4.74 Å². The predicted molar refractivity (Wildman–Crippen MR) is 73.3 cm³/mol. The van der Waals surface area contributed by atoms with Gasteiger partial charge in [-0.3, -0.25) is 9.59 Å². The van der Waals surface area contributed by atoms with Gasteiger partial charge in [0.1, 0.15) is 6.07 Å². The maximum absolute atomic E-state index is 12.4. The SMILES string of the molecule is CCOc1nc(C#N)nc(N2C(=O)c3ccccc3C2=O)n1. The highest BCUT2D eigenvalue weighted by Gasteiger charge is 2.38. The average molecular weight is 295 g/mol. The van der Waals surface area contributed by atoms with E-state index in [4.69, 9.17) is 10.00 Å². The molecule has 8 nitrogen and oxygen atoms in total. The molecule has 1 aliphatic rings. The average Bonchev–Trinajstić information content (AvgIpc) is 2.79. The molecular weight excluding hydrogens is 286 g/mol. The van der Waals surface area contributed by atoms with E-state index in [2.05, 4.69) is 15.0 Å². The molecule has 2 heterocycles. The summed E-state index contributed by atoms with van der Waals surface area (Å²) < 4.78 is 5.13. The summed E-state index contributed by atoms with van der Waals surface area (Å²) in [5.41, 5.74) is 0.536. The summed E-state index contributed by atoms with van der Waals surface area (Å²) in [6, 6.07) is 8.05. The van der Waals surface area contributed by atoms with Crippen LogP contribution in [0, 0.1) is 11.3 Å². The van der Waals surface area contributed by atoms with Gasteiger partial charge in [-0.25, -0.2) is 4.90 Å². The van der Waals surface area contributed by atoms with Gasteiger partial charge in [0, 0.05) is 0 Å². The van der Waals surface area contributed by atoms with Crippen molar-refractivity contribution < 1.29 is 14.3 Å². The second-order valence-corrected chi connectivity index (χ2v) is 4.28. The lowest BCUT2D eigenvalue weighted by Crippen LogP contribution is -2.31. The lowest BCUT2D eigenvalue weighted by atomic mass is 10.1. The van der Waals surface area contributed by atoms with Crippen molar-refractivity contribution in [1.82, 2.24) is 15.0 Å². The Labute approximate surface area is 125 Å². The fourth-order valence-corrected chi connectivity index (χ4v) is 2.06. The van der Waals surface area contributed by atoms with Gasteiger partial charge in [-0.2, -0.15) is 20.2 Å². The van der Waals surface area contributed by atoms with Crippen molar-refractivity contribution in [2.45, 2.75) is 6.92 Å². The predicted octanol–water partition coefficient (Wildman–Crippen LogP) is 0.943. The van der Waals surface area contributed by atoms with Crippen LogP contribution < -0.4 is 9.64 Å². The van der Waals surface area contributed by atoms with Crippen molar-refractivity contribution in [3.63, 3.8) is 0 Å². The number of aromatic nitrogens is 3. The lowest BCUT2D eigenvalue weighted by molar-refractivity contribution is 0.0923. The van der Waals surface area contributed by atoms with Gasteiger partial charge in [0.05, 0.1) is 17.7 Å². The molecule has 1 aromatic heterocycles. The molecule has 2 amide bonds. The first kappa shape index (κ1) is 13.6. The number of hydrogen-bond donors (Lipinski definition) is 0. The van der Waals surface area contributed by atoms with Gasteiger partial charge in [-0.1, -0.05) is 12.1 Å². The van der Waals surface area contributed by atoms with Gasteiger partial charge >= 0.3 is 6.01 Å². The molecule has 0 saturated heterocycles. The minimum atomic E-state index is -0.543. The van der Waals surface area contributed by atoms with Crippen LogP contribution in [0.1, 0.15) is 33.5 Å². The Morgan fingerprint density at radius 2 is 1.77 bits per heavy atom. The van der Waals surface area contributed by atoms with Crippen molar-refractivity contribution in [2.75, 3.05) is 11.5 Å². The molecule has 0 N–H and O–H groups in total. The second kappa shape index (κ2) is 5.21. The third-order valence-corrected chi connectivity index (χ3v) is 2.97. The highest BCUT2D eigenvalue weighted by atomic mass is 16.5. The lowest BCUT2D eigenvalue weighted by Gasteiger charge is -2.12. The topological polar surface area (TPSA) is 109 Å². The molecule has 0 saturated carbocycles. The first-order valence-corrected chi connectivity index (χ1v) is 6.42. The number of fused-ring (bicyclic) bond motifs is 1. The molecule has 0 aliphatic carbocycles. The third kappa shape index (κ3) is 2.05. The summed E-state index contributed by atoms with van der Waals surface area (Å²) in [6.07, 6.45) is 0. The van der Waals surface area contributed by atoms with Gasteiger partial charge in [0.25, 0.3) is 11.8 Å². The molecule has 108 valence electrons. The quantitative estimate of drug-likeness (QED) is 0.775. The second-order valence-electron chi connectivity index (χ2n) is 4.28. The number of rotatable bonds is 3. The van der Waals surface area contributed by atoms with E-state index in [0.717, 1.165) is 4.90 Å². The molecule has 1 aromatic carbocycles. The van der Waals surface area contributed by atoms with Crippen LogP contribution in [0.5, 0.6) is 6.01 Å². The van der Waals surface area contributed by atoms with Crippen LogP contribution >= 0.6 is 0 Å². The first-order chi connectivity index (χ1) is 10.7. The highest BCUT2D eigenvalue weighted by molar-refractivity contribution is 6.33. The van der Waals surface area contributed by atoms with Crippen LogP contribution in [0.4, 0.5) is 5.95 Å². The van der Waals surface area contributed by atoms with E-state index >= 15 is 0 Å². The van der Waals surface area contributed by atoms with Gasteiger partial charge in [0.15, 0.2) is 0 Å². The summed E-state index contributed by atoms with van der Waals surface area (Å²) in [6.45, 7) is 1.99. The molecule has 8 heteroatoms. The normalized spacial score (nSPS) is 13.0. The van der Waals surface area contributed by atoms with Crippen LogP contribution in [0.25, 0.3) is 0 Å². The number of nitrogens with zero attached hydrogens (tertiary/aromatic N) is 5. The van der Waals surface area contributed by atoms with E-state index in [1.165, 1.54) is 0 Å². The number of benzene rings is 1. The number of ether oxygens (including phenoxy) is 1. The molecule has 3 rings (SSSR count). The highest BCUT2D eigenvalue weighted by Crippen LogP contribution is 2.26. The minimum absolute atomic E-state index is 0.111. The summed E-state index contributed by atoms with van der Waals surface area (Å²) in [7, 11) is 0. The van der Waals surface area contributed by atoms with Crippen LogP contribution in [0.3, 0.4) is 0 Å². The van der Waals surface area contributed by atoms with Gasteiger partial charge in [0.2, 0.25) is 11.8 Å². The van der Waals surface area contributed by atoms with E-state index < -0.39 is 11.8 Å². The fourth-order valence-electron chi connectivity index (χ4n) is 2.06. The Hall–Kier alpha value is -3.34. The molecule has 0 radical (unpaired) electrons. The Bertz CT molecular complexity index is 792. The number of nitriles is 1. The van der Waals surface area contributed by atoms with Crippen LogP contribution in [-0.2, 0) is 0 Å². The number of carbonyl (C=O) groups is 2. The third-order valence-electron chi connectivity index (χ3n) is 2.97. The van der Waals surface area contributed by atoms with Crippen molar-refractivity contribution in [1.29, 1.82) is 5.26 Å². The fraction of sp³-hybridized carbons (Fsp3) is 0.143. The number of anilines is 1. The molecule has 2 aromatic rings. The summed E-state index contributed by atoms with van der Waals surface area (Å²) in [5.74, 6) is -1.54. The van der Waals surface area contributed by atoms with Crippen LogP contribution in [0.15, 0.2) is 24.3 Å². The Morgan fingerprint density at radius 3 is 2.32 bits per heavy atom. The van der Waals surface area contributed by atoms with E-state index in [1.54, 1.807) is 37.3 Å². The molecule has 0 spiro atoms. The molecule has 0 unspecified atom stereocenters. The summed E-state index contributed by atoms with van der Waals surface area (Å²) >= 11 is 0. The minimum Gasteiger partial charge on any atom is -0.464 e. The molecule has 22 heavy (non-hydrogen) atoms. The van der Waals surface area contributed by atoms with Crippen molar-refractivity contribution >= 4 is 17.8 Å². The van der Waals surface area contributed by atoms with Crippen molar-refractivity contribution in [3.8, 4) is 12.1 Å². The van der Waals surface area contributed by atoms with E-state index in [9.17, 15) is 9.59 Å². The zero-order valence-electron chi connectivity index (χ0n) is 11.5. The zero-order valence-corrected chi connectivity index (χ0v) is 11.5. The largest absolute Gasteiger partial charge is 0.464 e. The molecule has 0 bridgehead atoms. The van der Waals surface area contributed by atoms with E-state index in [0.29, 0.717) is 0 Å². The molecule has 0 fully saturated rings. The van der Waals surface area contributed by atoms with Crippen molar-refractivity contribution in [3.05, 3.63) is 41.2 Å². The smallest absolute Gasteiger partial charge is 0.322 e. The van der Waals surface area contributed by atoms with E-state index in [1.807, 2.05) is 0 Å². The summed E-state index contributed by atoms with van der Waals surface area (Å²) in [4.78, 5) is 37.0. The first-order valence-electron chi connectivity index (χ1n) is 6.42. The molecular formula is C14H9N5O3. The monoisotopic (exact) mass is 295 g/mol. The number of amides is 2. The Kier molecular flexibility index (Phi) is 3.23. The number of hydrogen-bond acceptors (Lipinski definition) is 7.